The van der Waals surface area contributed by atoms with Crippen LogP contribution in [0, 0.1) is 0 Å². The smallest absolute Gasteiger partial charge is 0.247 e. The lowest BCUT2D eigenvalue weighted by atomic mass is 9.97. The summed E-state index contributed by atoms with van der Waals surface area (Å²) in [5.74, 6) is 1.94. The minimum atomic E-state index is -0.669. The van der Waals surface area contributed by atoms with Gasteiger partial charge < -0.3 is 19.9 Å². The Bertz CT molecular complexity index is 532. The largest absolute Gasteiger partial charge is 0.490 e. The molecule has 0 unspecified atom stereocenters. The Morgan fingerprint density at radius 3 is 2.71 bits per heavy atom. The summed E-state index contributed by atoms with van der Waals surface area (Å²) < 4.78 is 5.48. The highest BCUT2D eigenvalue weighted by molar-refractivity contribution is 5.90. The van der Waals surface area contributed by atoms with Crippen molar-refractivity contribution in [1.29, 1.82) is 0 Å². The van der Waals surface area contributed by atoms with Gasteiger partial charge in [0.25, 0.3) is 0 Å². The van der Waals surface area contributed by atoms with Crippen LogP contribution in [0.1, 0.15) is 20.8 Å². The van der Waals surface area contributed by atoms with E-state index < -0.39 is 5.54 Å². The third-order valence-corrected chi connectivity index (χ3v) is 3.79. The van der Waals surface area contributed by atoms with Gasteiger partial charge in [0.1, 0.15) is 11.9 Å². The molecular formula is C14H23N5O2. The number of carbonyl (C=O) groups is 1. The predicted octanol–water partition coefficient (Wildman–Crippen LogP) is 0.974. The van der Waals surface area contributed by atoms with Gasteiger partial charge in [-0.3, -0.25) is 4.79 Å². The Hall–Kier alpha value is -2.05. The molecule has 0 atom stereocenters. The maximum absolute atomic E-state index is 12.4. The first-order valence-corrected chi connectivity index (χ1v) is 7.09. The molecule has 0 aromatic carbocycles. The van der Waals surface area contributed by atoms with Crippen molar-refractivity contribution >= 4 is 17.5 Å². The minimum absolute atomic E-state index is 0.0689. The quantitative estimate of drug-likeness (QED) is 0.892. The Morgan fingerprint density at radius 2 is 2.10 bits per heavy atom. The van der Waals surface area contributed by atoms with Crippen molar-refractivity contribution in [2.45, 2.75) is 26.3 Å². The van der Waals surface area contributed by atoms with Crippen LogP contribution in [0.5, 0.6) is 5.75 Å². The number of nitrogens with one attached hydrogen (secondary N) is 1. The van der Waals surface area contributed by atoms with Crippen molar-refractivity contribution in [3.05, 3.63) is 6.33 Å². The van der Waals surface area contributed by atoms with Crippen LogP contribution < -0.4 is 15.0 Å². The molecule has 7 nitrogen and oxygen atoms in total. The van der Waals surface area contributed by atoms with Crippen molar-refractivity contribution < 1.29 is 9.53 Å². The van der Waals surface area contributed by atoms with Crippen LogP contribution in [0.3, 0.4) is 0 Å². The maximum Gasteiger partial charge on any atom is 0.247 e. The molecule has 1 saturated heterocycles. The molecule has 21 heavy (non-hydrogen) atoms. The summed E-state index contributed by atoms with van der Waals surface area (Å²) in [7, 11) is 3.41. The SMILES string of the molecule is CCNc1ncnc(N2CCN(C)C(=O)C2(C)C)c1OC. The summed E-state index contributed by atoms with van der Waals surface area (Å²) in [5.41, 5.74) is -0.669. The van der Waals surface area contributed by atoms with Gasteiger partial charge >= 0.3 is 0 Å². The molecule has 1 aromatic rings. The van der Waals surface area contributed by atoms with Crippen LogP contribution in [0.25, 0.3) is 0 Å². The number of ether oxygens (including phenoxy) is 1. The van der Waals surface area contributed by atoms with Crippen LogP contribution in [0.4, 0.5) is 11.6 Å². The molecule has 0 bridgehead atoms. The van der Waals surface area contributed by atoms with E-state index in [1.54, 1.807) is 12.0 Å². The van der Waals surface area contributed by atoms with E-state index in [9.17, 15) is 4.79 Å². The highest BCUT2D eigenvalue weighted by atomic mass is 16.5. The number of nitrogens with zero attached hydrogens (tertiary/aromatic N) is 4. The first kappa shape index (κ1) is 15.3. The van der Waals surface area contributed by atoms with E-state index in [2.05, 4.69) is 15.3 Å². The molecule has 1 aromatic heterocycles. The summed E-state index contributed by atoms with van der Waals surface area (Å²) in [6.45, 7) is 7.89. The first-order chi connectivity index (χ1) is 9.93. The van der Waals surface area contributed by atoms with Crippen LogP contribution >= 0.6 is 0 Å². The summed E-state index contributed by atoms with van der Waals surface area (Å²) in [6.07, 6.45) is 1.49. The number of carbonyl (C=O) groups excluding carboxylic acids is 1. The number of piperazine rings is 1. The van der Waals surface area contributed by atoms with Gasteiger partial charge in [0.05, 0.1) is 7.11 Å². The standard InChI is InChI=1S/C14H23N5O2/c1-6-15-11-10(21-5)12(17-9-16-11)19-8-7-18(4)13(20)14(19,2)3/h9H,6-8H2,1-5H3,(H,15,16,17). The van der Waals surface area contributed by atoms with Gasteiger partial charge in [-0.2, -0.15) is 0 Å². The third kappa shape index (κ3) is 2.59. The summed E-state index contributed by atoms with van der Waals surface area (Å²) in [4.78, 5) is 24.7. The molecule has 2 rings (SSSR count). The Morgan fingerprint density at radius 1 is 1.38 bits per heavy atom. The number of hydrogen-bond acceptors (Lipinski definition) is 6. The normalized spacial score (nSPS) is 17.9. The first-order valence-electron chi connectivity index (χ1n) is 7.09. The van der Waals surface area contributed by atoms with Crippen LogP contribution in [0.2, 0.25) is 0 Å². The van der Waals surface area contributed by atoms with Crippen LogP contribution in [-0.2, 0) is 4.79 Å². The fourth-order valence-electron chi connectivity index (χ4n) is 2.62. The lowest BCUT2D eigenvalue weighted by molar-refractivity contribution is -0.136. The number of aromatic nitrogens is 2. The molecule has 116 valence electrons. The van der Waals surface area contributed by atoms with E-state index in [0.29, 0.717) is 30.5 Å². The molecule has 7 heteroatoms. The molecule has 0 radical (unpaired) electrons. The van der Waals surface area contributed by atoms with E-state index in [4.69, 9.17) is 4.74 Å². The van der Waals surface area contributed by atoms with Gasteiger partial charge in [-0.1, -0.05) is 0 Å². The minimum Gasteiger partial charge on any atom is -0.490 e. The number of rotatable bonds is 4. The van der Waals surface area contributed by atoms with E-state index in [0.717, 1.165) is 6.54 Å². The number of amides is 1. The predicted molar refractivity (Wildman–Crippen MR) is 81.8 cm³/mol. The fraction of sp³-hybridized carbons (Fsp3) is 0.643. The lowest BCUT2D eigenvalue weighted by Crippen LogP contribution is -2.62. The van der Waals surface area contributed by atoms with Gasteiger partial charge in [0.15, 0.2) is 11.6 Å². The summed E-state index contributed by atoms with van der Waals surface area (Å²) in [6, 6.07) is 0. The average Bonchev–Trinajstić information content (AvgIpc) is 2.45. The Balaban J connectivity index is 2.46. The van der Waals surface area contributed by atoms with Crippen molar-refractivity contribution in [1.82, 2.24) is 14.9 Å². The Labute approximate surface area is 125 Å². The number of methoxy groups -OCH3 is 1. The highest BCUT2D eigenvalue weighted by Crippen LogP contribution is 2.37. The molecule has 1 aliphatic heterocycles. The summed E-state index contributed by atoms with van der Waals surface area (Å²) >= 11 is 0. The van der Waals surface area contributed by atoms with Crippen molar-refractivity contribution in [3.63, 3.8) is 0 Å². The molecule has 2 heterocycles. The monoisotopic (exact) mass is 293 g/mol. The topological polar surface area (TPSA) is 70.6 Å². The van der Waals surface area contributed by atoms with Gasteiger partial charge in [-0.25, -0.2) is 9.97 Å². The van der Waals surface area contributed by atoms with Crippen molar-refractivity contribution in [3.8, 4) is 5.75 Å². The van der Waals surface area contributed by atoms with E-state index in [-0.39, 0.29) is 5.91 Å². The lowest BCUT2D eigenvalue weighted by Gasteiger charge is -2.45. The third-order valence-electron chi connectivity index (χ3n) is 3.79. The van der Waals surface area contributed by atoms with E-state index >= 15 is 0 Å². The molecule has 1 amide bonds. The highest BCUT2D eigenvalue weighted by Gasteiger charge is 2.42. The van der Waals surface area contributed by atoms with Crippen molar-refractivity contribution in [2.75, 3.05) is 44.0 Å². The van der Waals surface area contributed by atoms with E-state index in [1.165, 1.54) is 6.33 Å². The van der Waals surface area contributed by atoms with E-state index in [1.807, 2.05) is 32.7 Å². The fourth-order valence-corrected chi connectivity index (χ4v) is 2.62. The molecule has 0 spiro atoms. The van der Waals surface area contributed by atoms with Crippen LogP contribution in [-0.4, -0.2) is 60.1 Å². The molecule has 1 aliphatic rings. The average molecular weight is 293 g/mol. The van der Waals surface area contributed by atoms with Gasteiger partial charge in [0.2, 0.25) is 11.7 Å². The van der Waals surface area contributed by atoms with Crippen LogP contribution in [0.15, 0.2) is 6.33 Å². The number of likely N-dealkylation sites (N-methyl/N-ethyl adjacent to an activating group) is 1. The van der Waals surface area contributed by atoms with Crippen molar-refractivity contribution in [2.24, 2.45) is 0 Å². The molecule has 0 aliphatic carbocycles. The zero-order valence-electron chi connectivity index (χ0n) is 13.3. The number of hydrogen-bond donors (Lipinski definition) is 1. The zero-order chi connectivity index (χ0) is 15.6. The second-order valence-corrected chi connectivity index (χ2v) is 5.55. The van der Waals surface area contributed by atoms with Gasteiger partial charge in [-0.05, 0) is 20.8 Å². The Kier molecular flexibility index (Phi) is 4.20. The maximum atomic E-state index is 12.4. The van der Waals surface area contributed by atoms with Gasteiger partial charge in [0, 0.05) is 26.7 Å². The molecule has 0 saturated carbocycles. The molecular weight excluding hydrogens is 270 g/mol. The second-order valence-electron chi connectivity index (χ2n) is 5.55. The molecule has 1 N–H and O–H groups in total. The molecule has 1 fully saturated rings. The second kappa shape index (κ2) is 5.75. The summed E-state index contributed by atoms with van der Waals surface area (Å²) in [5, 5.41) is 3.16. The van der Waals surface area contributed by atoms with Gasteiger partial charge in [-0.15, -0.1) is 0 Å². The zero-order valence-corrected chi connectivity index (χ0v) is 13.3. The number of anilines is 2.